The number of hydrogen-bond donors (Lipinski definition) is 1. The number of benzene rings is 2. The molecule has 1 N–H and O–H groups in total. The van der Waals surface area contributed by atoms with E-state index in [-0.39, 0.29) is 24.8 Å². The van der Waals surface area contributed by atoms with E-state index in [2.05, 4.69) is 5.32 Å². The average Bonchev–Trinajstić information content (AvgIpc) is 2.64. The van der Waals surface area contributed by atoms with E-state index in [0.717, 1.165) is 5.56 Å². The van der Waals surface area contributed by atoms with Crippen molar-refractivity contribution in [1.82, 2.24) is 10.2 Å². The van der Waals surface area contributed by atoms with Gasteiger partial charge in [0.15, 0.2) is 0 Å². The number of hydrogen-bond acceptors (Lipinski definition) is 2. The van der Waals surface area contributed by atoms with Crippen LogP contribution in [0.5, 0.6) is 0 Å². The lowest BCUT2D eigenvalue weighted by molar-refractivity contribution is -0.139. The average molecular weight is 448 g/mol. The maximum atomic E-state index is 12.9. The molecule has 0 saturated heterocycles. The lowest BCUT2D eigenvalue weighted by Crippen LogP contribution is -2.47. The first-order valence-corrected chi connectivity index (χ1v) is 9.63. The van der Waals surface area contributed by atoms with Gasteiger partial charge in [-0.25, -0.2) is 0 Å². The molecule has 0 radical (unpaired) electrons. The molecule has 2 aromatic carbocycles. The Morgan fingerprint density at radius 3 is 1.96 bits per heavy atom. The highest BCUT2D eigenvalue weighted by Gasteiger charge is 2.25. The van der Waals surface area contributed by atoms with E-state index in [1.165, 1.54) is 11.9 Å². The molecule has 0 aliphatic rings. The van der Waals surface area contributed by atoms with Crippen LogP contribution >= 0.6 is 46.4 Å². The minimum Gasteiger partial charge on any atom is -0.357 e. The van der Waals surface area contributed by atoms with Crippen molar-refractivity contribution in [3.63, 3.8) is 0 Å². The monoisotopic (exact) mass is 446 g/mol. The Kier molecular flexibility index (Phi) is 7.80. The first-order chi connectivity index (χ1) is 12.7. The number of amides is 2. The molecule has 8 heteroatoms. The van der Waals surface area contributed by atoms with Crippen LogP contribution in [0.3, 0.4) is 0 Å². The summed E-state index contributed by atoms with van der Waals surface area (Å²) in [6.07, 6.45) is 0.0829. The number of carbonyl (C=O) groups is 2. The van der Waals surface area contributed by atoms with Gasteiger partial charge in [-0.15, -0.1) is 0 Å². The molecule has 0 heterocycles. The van der Waals surface area contributed by atoms with Crippen molar-refractivity contribution in [3.05, 3.63) is 67.6 Å². The van der Waals surface area contributed by atoms with E-state index < -0.39 is 6.04 Å². The molecule has 0 aromatic heterocycles. The Bertz CT molecular complexity index is 858. The fourth-order valence-electron chi connectivity index (χ4n) is 2.55. The predicted molar refractivity (Wildman–Crippen MR) is 111 cm³/mol. The van der Waals surface area contributed by atoms with Gasteiger partial charge in [-0.2, -0.15) is 0 Å². The van der Waals surface area contributed by atoms with E-state index in [1.807, 2.05) is 0 Å². The second kappa shape index (κ2) is 9.65. The van der Waals surface area contributed by atoms with Gasteiger partial charge in [0, 0.05) is 13.6 Å². The third-order valence-corrected chi connectivity index (χ3v) is 5.57. The van der Waals surface area contributed by atoms with Crippen molar-refractivity contribution >= 4 is 58.2 Å². The SMILES string of the molecule is CNC(=O)[C@@H](C)N(Cc1ccc(Cl)c(Cl)c1)C(=O)Cc1ccc(Cl)c(Cl)c1. The zero-order valence-electron chi connectivity index (χ0n) is 14.7. The summed E-state index contributed by atoms with van der Waals surface area (Å²) in [5.74, 6) is -0.492. The molecule has 0 aliphatic carbocycles. The molecule has 0 fully saturated rings. The number of carbonyl (C=O) groups excluding carboxylic acids is 2. The molecular weight excluding hydrogens is 430 g/mol. The van der Waals surface area contributed by atoms with Gasteiger partial charge < -0.3 is 10.2 Å². The van der Waals surface area contributed by atoms with Crippen LogP contribution < -0.4 is 5.32 Å². The van der Waals surface area contributed by atoms with Gasteiger partial charge in [-0.05, 0) is 42.3 Å². The van der Waals surface area contributed by atoms with Gasteiger partial charge >= 0.3 is 0 Å². The second-order valence-electron chi connectivity index (χ2n) is 5.99. The van der Waals surface area contributed by atoms with E-state index in [9.17, 15) is 9.59 Å². The summed E-state index contributed by atoms with van der Waals surface area (Å²) in [5, 5.41) is 4.17. The van der Waals surface area contributed by atoms with Crippen LogP contribution in [0.4, 0.5) is 0 Å². The summed E-state index contributed by atoms with van der Waals surface area (Å²) in [7, 11) is 1.53. The number of nitrogens with zero attached hydrogens (tertiary/aromatic N) is 1. The largest absolute Gasteiger partial charge is 0.357 e. The van der Waals surface area contributed by atoms with Crippen LogP contribution in [-0.4, -0.2) is 29.8 Å². The highest BCUT2D eigenvalue weighted by Crippen LogP contribution is 2.25. The smallest absolute Gasteiger partial charge is 0.242 e. The molecule has 1 atom stereocenters. The Hall–Kier alpha value is -1.46. The number of rotatable bonds is 6. The quantitative estimate of drug-likeness (QED) is 0.676. The summed E-state index contributed by atoms with van der Waals surface area (Å²) >= 11 is 24.0. The minimum atomic E-state index is -0.667. The summed E-state index contributed by atoms with van der Waals surface area (Å²) in [5.41, 5.74) is 1.47. The molecule has 0 saturated carbocycles. The van der Waals surface area contributed by atoms with Crippen molar-refractivity contribution in [2.75, 3.05) is 7.05 Å². The molecule has 27 heavy (non-hydrogen) atoms. The number of halogens is 4. The van der Waals surface area contributed by atoms with E-state index in [1.54, 1.807) is 43.3 Å². The zero-order valence-corrected chi connectivity index (χ0v) is 17.8. The van der Waals surface area contributed by atoms with Crippen LogP contribution in [0, 0.1) is 0 Å². The van der Waals surface area contributed by atoms with Gasteiger partial charge in [-0.3, -0.25) is 9.59 Å². The molecule has 0 spiro atoms. The third-order valence-electron chi connectivity index (χ3n) is 4.09. The topological polar surface area (TPSA) is 49.4 Å². The summed E-state index contributed by atoms with van der Waals surface area (Å²) in [4.78, 5) is 26.6. The molecule has 144 valence electrons. The molecule has 4 nitrogen and oxygen atoms in total. The Labute approximate surface area is 178 Å². The van der Waals surface area contributed by atoms with Gasteiger partial charge in [-0.1, -0.05) is 58.5 Å². The van der Waals surface area contributed by atoms with Crippen molar-refractivity contribution in [3.8, 4) is 0 Å². The maximum Gasteiger partial charge on any atom is 0.242 e. The summed E-state index contributed by atoms with van der Waals surface area (Å²) < 4.78 is 0. The molecule has 0 aliphatic heterocycles. The molecule has 0 bridgehead atoms. The van der Waals surface area contributed by atoms with Gasteiger partial charge in [0.1, 0.15) is 6.04 Å². The van der Waals surface area contributed by atoms with Crippen molar-refractivity contribution < 1.29 is 9.59 Å². The third kappa shape index (κ3) is 5.76. The first-order valence-electron chi connectivity index (χ1n) is 8.11. The van der Waals surface area contributed by atoms with Crippen molar-refractivity contribution in [2.24, 2.45) is 0 Å². The summed E-state index contributed by atoms with van der Waals surface area (Å²) in [6.45, 7) is 1.88. The lowest BCUT2D eigenvalue weighted by Gasteiger charge is -2.28. The van der Waals surface area contributed by atoms with Crippen LogP contribution in [0.1, 0.15) is 18.1 Å². The molecular formula is C19H18Cl4N2O2. The van der Waals surface area contributed by atoms with E-state index >= 15 is 0 Å². The highest BCUT2D eigenvalue weighted by molar-refractivity contribution is 6.42. The maximum absolute atomic E-state index is 12.9. The fourth-order valence-corrected chi connectivity index (χ4v) is 3.19. The number of nitrogens with one attached hydrogen (secondary N) is 1. The molecule has 2 aromatic rings. The van der Waals surface area contributed by atoms with E-state index in [0.29, 0.717) is 25.7 Å². The van der Waals surface area contributed by atoms with Gasteiger partial charge in [0.05, 0.1) is 26.5 Å². The summed E-state index contributed by atoms with van der Waals surface area (Å²) in [6, 6.07) is 9.45. The van der Waals surface area contributed by atoms with Crippen LogP contribution in [0.2, 0.25) is 20.1 Å². The molecule has 2 amide bonds. The Morgan fingerprint density at radius 1 is 0.926 bits per heavy atom. The highest BCUT2D eigenvalue weighted by atomic mass is 35.5. The zero-order chi connectivity index (χ0) is 20.1. The van der Waals surface area contributed by atoms with Gasteiger partial charge in [0.25, 0.3) is 0 Å². The lowest BCUT2D eigenvalue weighted by atomic mass is 10.1. The van der Waals surface area contributed by atoms with E-state index in [4.69, 9.17) is 46.4 Å². The van der Waals surface area contributed by atoms with Crippen LogP contribution in [0.25, 0.3) is 0 Å². The molecule has 2 rings (SSSR count). The second-order valence-corrected chi connectivity index (χ2v) is 7.61. The van der Waals surface area contributed by atoms with Gasteiger partial charge in [0.2, 0.25) is 11.8 Å². The van der Waals surface area contributed by atoms with Crippen molar-refractivity contribution in [2.45, 2.75) is 25.9 Å². The Balaban J connectivity index is 2.27. The van der Waals surface area contributed by atoms with Crippen LogP contribution in [0.15, 0.2) is 36.4 Å². The minimum absolute atomic E-state index is 0.0829. The fraction of sp³-hybridized carbons (Fsp3) is 0.263. The molecule has 0 unspecified atom stereocenters. The predicted octanol–water partition coefficient (Wildman–Crippen LogP) is 5.01. The van der Waals surface area contributed by atoms with Crippen molar-refractivity contribution in [1.29, 1.82) is 0 Å². The standard InChI is InChI=1S/C19H18Cl4N2O2/c1-11(19(27)24-2)25(10-13-4-6-15(21)17(23)8-13)18(26)9-12-3-5-14(20)16(22)7-12/h3-8,11H,9-10H2,1-2H3,(H,24,27)/t11-/m1/s1. The Morgan fingerprint density at radius 2 is 1.44 bits per heavy atom. The van der Waals surface area contributed by atoms with Crippen LogP contribution in [-0.2, 0) is 22.6 Å². The first kappa shape index (κ1) is 21.8. The number of likely N-dealkylation sites (N-methyl/N-ethyl adjacent to an activating group) is 1. The normalized spacial score (nSPS) is 11.8.